The Balaban J connectivity index is 1.13. The zero-order valence-electron chi connectivity index (χ0n) is 46.0. The van der Waals surface area contributed by atoms with Crippen molar-refractivity contribution in [3.05, 3.63) is 287 Å². The first-order valence-electron chi connectivity index (χ1n) is 27.4. The van der Waals surface area contributed by atoms with E-state index in [1.807, 2.05) is 0 Å². The van der Waals surface area contributed by atoms with Gasteiger partial charge in [-0.15, -0.1) is 0 Å². The Morgan fingerprint density at radius 1 is 0.241 bits per heavy atom. The second-order valence-corrected chi connectivity index (χ2v) is 19.6. The lowest BCUT2D eigenvalue weighted by Gasteiger charge is -2.48. The number of carbonyl (C=O) groups is 8. The van der Waals surface area contributed by atoms with Gasteiger partial charge in [0.05, 0.1) is 44.5 Å². The minimum absolute atomic E-state index is 0.00894. The van der Waals surface area contributed by atoms with Crippen LogP contribution in [0.25, 0.3) is 0 Å². The largest absolute Gasteiger partial charge is 0.459 e. The average molecular weight is 1180 g/mol. The molecule has 19 nitrogen and oxygen atoms in total. The molecule has 0 saturated carbocycles. The molecular formula is C68H54O19. The lowest BCUT2D eigenvalue weighted by molar-refractivity contribution is -0.373. The highest BCUT2D eigenvalue weighted by atomic mass is 16.8. The fourth-order valence-corrected chi connectivity index (χ4v) is 9.41. The molecule has 10 atom stereocenters. The highest BCUT2D eigenvalue weighted by Gasteiger charge is 2.59. The molecule has 440 valence electrons. The maximum Gasteiger partial charge on any atom is 0.338 e. The number of benzene rings is 8. The molecule has 2 fully saturated rings. The summed E-state index contributed by atoms with van der Waals surface area (Å²) in [7, 11) is 0. The van der Waals surface area contributed by atoms with Crippen LogP contribution in [0.4, 0.5) is 0 Å². The minimum atomic E-state index is -2.14. The molecule has 0 bridgehead atoms. The van der Waals surface area contributed by atoms with Gasteiger partial charge in [0, 0.05) is 0 Å². The van der Waals surface area contributed by atoms with E-state index in [-0.39, 0.29) is 44.5 Å². The maximum atomic E-state index is 14.6. The van der Waals surface area contributed by atoms with Gasteiger partial charge in [0.25, 0.3) is 0 Å². The summed E-state index contributed by atoms with van der Waals surface area (Å²) in [6.45, 7) is -1.55. The number of carbonyl (C=O) groups excluding carboxylic acids is 8. The van der Waals surface area contributed by atoms with E-state index in [4.69, 9.17) is 52.1 Å². The first-order valence-corrected chi connectivity index (χ1v) is 27.4. The quantitative estimate of drug-likeness (QED) is 0.0510. The smallest absolute Gasteiger partial charge is 0.338 e. The molecular weight excluding hydrogens is 1120 g/mol. The van der Waals surface area contributed by atoms with E-state index in [1.165, 1.54) is 97.1 Å². The van der Waals surface area contributed by atoms with Crippen molar-refractivity contribution in [3.63, 3.8) is 0 Å². The molecule has 2 aliphatic heterocycles. The first kappa shape index (κ1) is 59.6. The fraction of sp³-hybridized carbons (Fsp3) is 0.176. The second-order valence-electron chi connectivity index (χ2n) is 19.6. The van der Waals surface area contributed by atoms with Gasteiger partial charge in [-0.1, -0.05) is 146 Å². The summed E-state index contributed by atoms with van der Waals surface area (Å²) >= 11 is 0. The summed E-state index contributed by atoms with van der Waals surface area (Å²) in [4.78, 5) is 115. The second kappa shape index (κ2) is 28.8. The third-order valence-electron chi connectivity index (χ3n) is 13.7. The molecule has 0 aromatic heterocycles. The Morgan fingerprint density at radius 3 is 0.644 bits per heavy atom. The third kappa shape index (κ3) is 15.2. The summed E-state index contributed by atoms with van der Waals surface area (Å²) in [5, 5.41) is 0. The lowest BCUT2D eigenvalue weighted by Crippen LogP contribution is -2.67. The molecule has 0 N–H and O–H groups in total. The van der Waals surface area contributed by atoms with E-state index in [0.29, 0.717) is 0 Å². The van der Waals surface area contributed by atoms with Gasteiger partial charge < -0.3 is 52.1 Å². The van der Waals surface area contributed by atoms with Crippen molar-refractivity contribution >= 4 is 47.8 Å². The number of hydrogen-bond acceptors (Lipinski definition) is 19. The van der Waals surface area contributed by atoms with E-state index < -0.39 is 122 Å². The highest BCUT2D eigenvalue weighted by Crippen LogP contribution is 2.37. The van der Waals surface area contributed by atoms with Crippen molar-refractivity contribution in [2.24, 2.45) is 0 Å². The Hall–Kier alpha value is -10.6. The van der Waals surface area contributed by atoms with Crippen molar-refractivity contribution in [2.45, 2.75) is 61.4 Å². The topological polar surface area (TPSA) is 238 Å². The lowest BCUT2D eigenvalue weighted by atomic mass is 9.96. The van der Waals surface area contributed by atoms with Crippen LogP contribution in [0, 0.1) is 0 Å². The first-order chi connectivity index (χ1) is 42.5. The van der Waals surface area contributed by atoms with E-state index in [2.05, 4.69) is 0 Å². The van der Waals surface area contributed by atoms with Crippen LogP contribution < -0.4 is 0 Å². The highest BCUT2D eigenvalue weighted by molar-refractivity contribution is 5.93. The van der Waals surface area contributed by atoms with Crippen molar-refractivity contribution in [1.29, 1.82) is 0 Å². The van der Waals surface area contributed by atoms with Gasteiger partial charge in [-0.25, -0.2) is 38.4 Å². The van der Waals surface area contributed by atoms with Crippen LogP contribution in [-0.4, -0.2) is 122 Å². The number of ether oxygens (including phenoxy) is 11. The molecule has 87 heavy (non-hydrogen) atoms. The molecule has 10 rings (SSSR count). The molecule has 6 unspecified atom stereocenters. The molecule has 0 amide bonds. The maximum absolute atomic E-state index is 14.6. The zero-order chi connectivity index (χ0) is 60.5. The van der Waals surface area contributed by atoms with Crippen molar-refractivity contribution in [2.75, 3.05) is 13.2 Å². The number of hydrogen-bond donors (Lipinski definition) is 0. The summed E-state index contributed by atoms with van der Waals surface area (Å²) in [6, 6.07) is 61.7. The number of rotatable bonds is 20. The van der Waals surface area contributed by atoms with Gasteiger partial charge in [-0.3, -0.25) is 0 Å². The number of esters is 8. The van der Waals surface area contributed by atoms with Gasteiger partial charge in [-0.05, 0) is 97.1 Å². The predicted octanol–water partition coefficient (Wildman–Crippen LogP) is 9.52. The molecule has 19 heteroatoms. The Bertz CT molecular complexity index is 3380. The van der Waals surface area contributed by atoms with Gasteiger partial charge >= 0.3 is 47.8 Å². The van der Waals surface area contributed by atoms with Crippen LogP contribution in [0.2, 0.25) is 0 Å². The Labute approximate surface area is 498 Å². The van der Waals surface area contributed by atoms with E-state index in [1.54, 1.807) is 146 Å². The van der Waals surface area contributed by atoms with Crippen LogP contribution >= 0.6 is 0 Å². The summed E-state index contributed by atoms with van der Waals surface area (Å²) < 4.78 is 69.6. The monoisotopic (exact) mass is 1170 g/mol. The summed E-state index contributed by atoms with van der Waals surface area (Å²) in [5.41, 5.74) is 0.197. The standard InChI is InChI=1S/C68H54O19/c69-59(43-25-9-1-10-26-43)77-41-51-53(81-61(71)45-29-13-3-14-30-45)55(83-63(73)47-33-17-5-18-34-47)57(85-65(75)49-37-21-7-22-38-49)67(79-51)87-68-58(86-66(76)50-39-23-8-24-40-50)56(84-64(74)48-35-19-6-20-36-48)54(82-62(72)46-31-15-4-16-32-46)52(80-68)42-78-60(70)44-27-11-2-12-28-44/h1-40,51-58,67-68H,41-42H2/t51?,52?,53-,54-,55?,56?,57?,58?,67-,68+/m1/s1. The van der Waals surface area contributed by atoms with E-state index in [0.717, 1.165) is 0 Å². The molecule has 8 aromatic carbocycles. The summed E-state index contributed by atoms with van der Waals surface area (Å²) in [6.07, 6.45) is -19.3. The molecule has 0 spiro atoms. The van der Waals surface area contributed by atoms with Crippen LogP contribution in [0.15, 0.2) is 243 Å². The molecule has 0 aliphatic carbocycles. The van der Waals surface area contributed by atoms with Gasteiger partial charge in [0.2, 0.25) is 12.6 Å². The molecule has 0 radical (unpaired) electrons. The van der Waals surface area contributed by atoms with Crippen molar-refractivity contribution in [3.8, 4) is 0 Å². The molecule has 2 saturated heterocycles. The van der Waals surface area contributed by atoms with Gasteiger partial charge in [0.1, 0.15) is 25.4 Å². The third-order valence-corrected chi connectivity index (χ3v) is 13.7. The minimum Gasteiger partial charge on any atom is -0.459 e. The average Bonchev–Trinajstić information content (AvgIpc) is 1.98. The normalized spacial score (nSPS) is 21.3. The molecule has 2 heterocycles. The van der Waals surface area contributed by atoms with Gasteiger partial charge in [0.15, 0.2) is 36.6 Å². The Kier molecular flexibility index (Phi) is 19.7. The van der Waals surface area contributed by atoms with Crippen molar-refractivity contribution < 1.29 is 90.5 Å². The van der Waals surface area contributed by atoms with Crippen LogP contribution in [0.3, 0.4) is 0 Å². The Morgan fingerprint density at radius 2 is 0.425 bits per heavy atom. The van der Waals surface area contributed by atoms with Crippen LogP contribution in [0.1, 0.15) is 82.9 Å². The van der Waals surface area contributed by atoms with E-state index >= 15 is 0 Å². The van der Waals surface area contributed by atoms with Gasteiger partial charge in [-0.2, -0.15) is 0 Å². The van der Waals surface area contributed by atoms with Crippen LogP contribution in [0.5, 0.6) is 0 Å². The van der Waals surface area contributed by atoms with E-state index in [9.17, 15) is 38.4 Å². The van der Waals surface area contributed by atoms with Crippen LogP contribution in [-0.2, 0) is 52.1 Å². The fourth-order valence-electron chi connectivity index (χ4n) is 9.41. The van der Waals surface area contributed by atoms with Crippen molar-refractivity contribution in [1.82, 2.24) is 0 Å². The molecule has 8 aromatic rings. The molecule has 2 aliphatic rings. The zero-order valence-corrected chi connectivity index (χ0v) is 46.0. The summed E-state index contributed by atoms with van der Waals surface area (Å²) in [5.74, 6) is -7.84. The predicted molar refractivity (Wildman–Crippen MR) is 306 cm³/mol. The SMILES string of the molecule is O=C(OCC1O[C@H](O[C@@H]2OC(COC(=O)c3ccccc3)[C@@H](OC(=O)c3ccccc3)C(OC(=O)c3ccccc3)C2OC(=O)c2ccccc2)C(OC(=O)c2ccccc2)C(OC(=O)c2ccccc2)[C@@H]1OC(=O)c1ccccc1)c1ccccc1.